The lowest BCUT2D eigenvalue weighted by molar-refractivity contribution is -0.0337. The van der Waals surface area contributed by atoms with E-state index in [2.05, 4.69) is 19.2 Å². The van der Waals surface area contributed by atoms with E-state index < -0.39 is 0 Å². The molecule has 2 fully saturated rings. The van der Waals surface area contributed by atoms with Gasteiger partial charge in [-0.05, 0) is 19.3 Å². The molecule has 94 valence electrons. The summed E-state index contributed by atoms with van der Waals surface area (Å²) in [6, 6.07) is 0.573. The monoisotopic (exact) mass is 227 g/mol. The molecular formula is C13H25NO2. The van der Waals surface area contributed by atoms with Crippen molar-refractivity contribution in [1.29, 1.82) is 0 Å². The Morgan fingerprint density at radius 3 is 2.81 bits per heavy atom. The van der Waals surface area contributed by atoms with Gasteiger partial charge < -0.3 is 14.8 Å². The molecule has 0 radical (unpaired) electrons. The lowest BCUT2D eigenvalue weighted by Gasteiger charge is -2.31. The van der Waals surface area contributed by atoms with Gasteiger partial charge in [-0.25, -0.2) is 0 Å². The predicted octanol–water partition coefficient (Wildman–Crippen LogP) is 1.82. The van der Waals surface area contributed by atoms with Gasteiger partial charge in [0.2, 0.25) is 0 Å². The zero-order chi connectivity index (χ0) is 11.4. The Bertz CT molecular complexity index is 202. The third-order valence-corrected chi connectivity index (χ3v) is 3.71. The first-order chi connectivity index (χ1) is 7.77. The van der Waals surface area contributed by atoms with Crippen LogP contribution in [0, 0.1) is 11.8 Å². The number of nitrogens with one attached hydrogen (secondary N) is 1. The minimum absolute atomic E-state index is 0.437. The summed E-state index contributed by atoms with van der Waals surface area (Å²) in [4.78, 5) is 0. The van der Waals surface area contributed by atoms with Gasteiger partial charge in [0, 0.05) is 37.6 Å². The molecule has 16 heavy (non-hydrogen) atoms. The summed E-state index contributed by atoms with van der Waals surface area (Å²) in [5.74, 6) is 1.32. The van der Waals surface area contributed by atoms with Gasteiger partial charge in [-0.1, -0.05) is 13.8 Å². The Hall–Kier alpha value is -0.120. The molecule has 3 heteroatoms. The SMILES string of the molecule is CC(C)NCC1CCOC1C1CCCOC1. The number of hydrogen-bond donors (Lipinski definition) is 1. The Morgan fingerprint density at radius 2 is 2.12 bits per heavy atom. The molecule has 0 spiro atoms. The highest BCUT2D eigenvalue weighted by atomic mass is 16.5. The van der Waals surface area contributed by atoms with Crippen LogP contribution >= 0.6 is 0 Å². The molecule has 3 atom stereocenters. The van der Waals surface area contributed by atoms with Crippen LogP contribution in [0.15, 0.2) is 0 Å². The molecule has 0 aromatic heterocycles. The maximum absolute atomic E-state index is 5.92. The highest BCUT2D eigenvalue weighted by molar-refractivity contribution is 4.85. The molecule has 2 aliphatic rings. The summed E-state index contributed by atoms with van der Waals surface area (Å²) in [5.41, 5.74) is 0. The Labute approximate surface area is 98.9 Å². The van der Waals surface area contributed by atoms with Crippen LogP contribution < -0.4 is 5.32 Å². The summed E-state index contributed by atoms with van der Waals surface area (Å²) in [6.07, 6.45) is 4.13. The molecule has 0 amide bonds. The Morgan fingerprint density at radius 1 is 1.25 bits per heavy atom. The molecule has 3 nitrogen and oxygen atoms in total. The van der Waals surface area contributed by atoms with Crippen molar-refractivity contribution in [2.24, 2.45) is 11.8 Å². The third-order valence-electron chi connectivity index (χ3n) is 3.71. The van der Waals surface area contributed by atoms with Gasteiger partial charge in [0.25, 0.3) is 0 Å². The lowest BCUT2D eigenvalue weighted by Crippen LogP contribution is -2.38. The van der Waals surface area contributed by atoms with E-state index in [4.69, 9.17) is 9.47 Å². The summed E-state index contributed by atoms with van der Waals surface area (Å²) in [5, 5.41) is 3.54. The van der Waals surface area contributed by atoms with Crippen LogP contribution in [0.3, 0.4) is 0 Å². The van der Waals surface area contributed by atoms with Crippen LogP contribution in [0.1, 0.15) is 33.1 Å². The second kappa shape index (κ2) is 5.99. The summed E-state index contributed by atoms with van der Waals surface area (Å²) < 4.78 is 11.5. The molecule has 0 aromatic carbocycles. The Kier molecular flexibility index (Phi) is 4.62. The summed E-state index contributed by atoms with van der Waals surface area (Å²) >= 11 is 0. The summed E-state index contributed by atoms with van der Waals surface area (Å²) in [7, 11) is 0. The topological polar surface area (TPSA) is 30.5 Å². The second-order valence-corrected chi connectivity index (χ2v) is 5.42. The van der Waals surface area contributed by atoms with Gasteiger partial charge in [-0.15, -0.1) is 0 Å². The average molecular weight is 227 g/mol. The first-order valence-corrected chi connectivity index (χ1v) is 6.70. The minimum Gasteiger partial charge on any atom is -0.381 e. The molecule has 1 N–H and O–H groups in total. The van der Waals surface area contributed by atoms with Gasteiger partial charge in [0.15, 0.2) is 0 Å². The molecule has 2 rings (SSSR count). The van der Waals surface area contributed by atoms with E-state index in [9.17, 15) is 0 Å². The fraction of sp³-hybridized carbons (Fsp3) is 1.00. The van der Waals surface area contributed by atoms with Crippen molar-refractivity contribution in [2.75, 3.05) is 26.4 Å². The van der Waals surface area contributed by atoms with Gasteiger partial charge in [-0.2, -0.15) is 0 Å². The zero-order valence-electron chi connectivity index (χ0n) is 10.6. The molecule has 0 aliphatic carbocycles. The van der Waals surface area contributed by atoms with Gasteiger partial charge in [0.1, 0.15) is 0 Å². The third kappa shape index (κ3) is 3.19. The van der Waals surface area contributed by atoms with E-state index in [1.165, 1.54) is 19.3 Å². The van der Waals surface area contributed by atoms with E-state index in [-0.39, 0.29) is 0 Å². The first kappa shape index (κ1) is 12.3. The van der Waals surface area contributed by atoms with Gasteiger partial charge >= 0.3 is 0 Å². The molecule has 3 unspecified atom stereocenters. The number of hydrogen-bond acceptors (Lipinski definition) is 3. The standard InChI is InChI=1S/C13H25NO2/c1-10(2)14-8-11-5-7-16-13(11)12-4-3-6-15-9-12/h10-14H,3-9H2,1-2H3. The van der Waals surface area contributed by atoms with E-state index >= 15 is 0 Å². The lowest BCUT2D eigenvalue weighted by atomic mass is 9.87. The highest BCUT2D eigenvalue weighted by Crippen LogP contribution is 2.31. The van der Waals surface area contributed by atoms with Crippen LogP contribution in [-0.2, 0) is 9.47 Å². The van der Waals surface area contributed by atoms with E-state index in [0.717, 1.165) is 26.4 Å². The average Bonchev–Trinajstić information content (AvgIpc) is 2.75. The molecule has 0 aromatic rings. The molecule has 2 saturated heterocycles. The zero-order valence-corrected chi connectivity index (χ0v) is 10.6. The van der Waals surface area contributed by atoms with E-state index in [1.807, 2.05) is 0 Å². The number of rotatable bonds is 4. The van der Waals surface area contributed by atoms with Gasteiger partial charge in [-0.3, -0.25) is 0 Å². The molecule has 0 bridgehead atoms. The molecule has 2 aliphatic heterocycles. The quantitative estimate of drug-likeness (QED) is 0.794. The van der Waals surface area contributed by atoms with Crippen molar-refractivity contribution >= 4 is 0 Å². The normalized spacial score (nSPS) is 35.8. The second-order valence-electron chi connectivity index (χ2n) is 5.42. The van der Waals surface area contributed by atoms with Crippen LogP contribution in [0.4, 0.5) is 0 Å². The van der Waals surface area contributed by atoms with E-state index in [1.54, 1.807) is 0 Å². The van der Waals surface area contributed by atoms with Crippen molar-refractivity contribution in [3.05, 3.63) is 0 Å². The summed E-state index contributed by atoms with van der Waals surface area (Å²) in [6.45, 7) is 8.29. The van der Waals surface area contributed by atoms with Crippen molar-refractivity contribution in [3.8, 4) is 0 Å². The highest BCUT2D eigenvalue weighted by Gasteiger charge is 2.35. The van der Waals surface area contributed by atoms with Crippen molar-refractivity contribution in [3.63, 3.8) is 0 Å². The molecule has 0 saturated carbocycles. The smallest absolute Gasteiger partial charge is 0.0666 e. The van der Waals surface area contributed by atoms with Crippen LogP contribution in [-0.4, -0.2) is 38.5 Å². The first-order valence-electron chi connectivity index (χ1n) is 6.70. The van der Waals surface area contributed by atoms with Crippen molar-refractivity contribution < 1.29 is 9.47 Å². The van der Waals surface area contributed by atoms with Gasteiger partial charge in [0.05, 0.1) is 12.7 Å². The fourth-order valence-corrected chi connectivity index (χ4v) is 2.81. The Balaban J connectivity index is 1.82. The van der Waals surface area contributed by atoms with Crippen LogP contribution in [0.2, 0.25) is 0 Å². The van der Waals surface area contributed by atoms with Crippen LogP contribution in [0.5, 0.6) is 0 Å². The van der Waals surface area contributed by atoms with E-state index in [0.29, 0.717) is 24.0 Å². The predicted molar refractivity (Wildman–Crippen MR) is 64.5 cm³/mol. The minimum atomic E-state index is 0.437. The number of ether oxygens (including phenoxy) is 2. The molecular weight excluding hydrogens is 202 g/mol. The maximum atomic E-state index is 5.92. The van der Waals surface area contributed by atoms with Crippen LogP contribution in [0.25, 0.3) is 0 Å². The largest absolute Gasteiger partial charge is 0.381 e. The van der Waals surface area contributed by atoms with Crippen molar-refractivity contribution in [2.45, 2.75) is 45.3 Å². The van der Waals surface area contributed by atoms with Crippen molar-refractivity contribution in [1.82, 2.24) is 5.32 Å². The fourth-order valence-electron chi connectivity index (χ4n) is 2.81. The maximum Gasteiger partial charge on any atom is 0.0666 e. The molecule has 2 heterocycles.